The number of hydrogen-bond acceptors (Lipinski definition) is 4. The molecule has 1 aromatic carbocycles. The van der Waals surface area contributed by atoms with Gasteiger partial charge in [-0.2, -0.15) is 5.10 Å². The third-order valence-electron chi connectivity index (χ3n) is 1.71. The molecule has 0 radical (unpaired) electrons. The Balaban J connectivity index is 0.000000845. The summed E-state index contributed by atoms with van der Waals surface area (Å²) in [5.74, 6) is 5.87. The highest BCUT2D eigenvalue weighted by Crippen LogP contribution is 2.17. The molecule has 13 heavy (non-hydrogen) atoms. The average molecular weight is 196 g/mol. The van der Waals surface area contributed by atoms with E-state index in [0.29, 0.717) is 5.82 Å². The van der Waals surface area contributed by atoms with Crippen LogP contribution < -0.4 is 23.7 Å². The number of fused-ring (bicyclic) bond motifs is 1. The number of benzene rings is 1. The first-order valence-electron chi connectivity index (χ1n) is 3.59. The fourth-order valence-electron chi connectivity index (χ4n) is 1.13. The van der Waals surface area contributed by atoms with Crippen molar-refractivity contribution in [2.75, 3.05) is 5.43 Å². The van der Waals surface area contributed by atoms with E-state index in [1.807, 2.05) is 24.3 Å². The van der Waals surface area contributed by atoms with Crippen LogP contribution in [0.25, 0.3) is 10.8 Å². The Morgan fingerprint density at radius 2 is 2.00 bits per heavy atom. The summed E-state index contributed by atoms with van der Waals surface area (Å²) in [6.45, 7) is 0. The number of halogens is 1. The zero-order valence-corrected chi connectivity index (χ0v) is 7.49. The molecule has 0 saturated carbocycles. The normalized spacial score (nSPS) is 9.31. The molecule has 0 aliphatic rings. The number of hydrazine groups is 1. The van der Waals surface area contributed by atoms with Crippen LogP contribution in [0.2, 0.25) is 0 Å². The summed E-state index contributed by atoms with van der Waals surface area (Å²) < 4.78 is 0. The van der Waals surface area contributed by atoms with E-state index in [4.69, 9.17) is 5.84 Å². The van der Waals surface area contributed by atoms with E-state index in [-0.39, 0.29) is 12.4 Å². The van der Waals surface area contributed by atoms with Crippen molar-refractivity contribution in [2.45, 2.75) is 0 Å². The first kappa shape index (κ1) is 9.70. The van der Waals surface area contributed by atoms with Gasteiger partial charge in [-0.3, -0.25) is 0 Å². The van der Waals surface area contributed by atoms with E-state index in [2.05, 4.69) is 15.6 Å². The highest BCUT2D eigenvalue weighted by atomic mass is 35.5. The van der Waals surface area contributed by atoms with Crippen LogP contribution in [0.3, 0.4) is 0 Å². The molecule has 0 unspecified atom stereocenters. The molecule has 2 aromatic rings. The van der Waals surface area contributed by atoms with Crippen LogP contribution >= 0.6 is 0 Å². The molecular formula is C8H8ClN4-. The maximum atomic E-state index is 5.26. The number of hydrogen-bond donors (Lipinski definition) is 2. The van der Waals surface area contributed by atoms with E-state index < -0.39 is 0 Å². The van der Waals surface area contributed by atoms with Crippen LogP contribution in [0, 0.1) is 0 Å². The summed E-state index contributed by atoms with van der Waals surface area (Å²) in [6.07, 6.45) is 1.70. The van der Waals surface area contributed by atoms with Crippen molar-refractivity contribution in [3.8, 4) is 0 Å². The van der Waals surface area contributed by atoms with Crippen LogP contribution in [0.15, 0.2) is 30.5 Å². The van der Waals surface area contributed by atoms with E-state index in [1.165, 1.54) is 0 Å². The van der Waals surface area contributed by atoms with Gasteiger partial charge in [-0.05, 0) is 0 Å². The van der Waals surface area contributed by atoms with E-state index in [9.17, 15) is 0 Å². The molecule has 2 rings (SSSR count). The topological polar surface area (TPSA) is 63.8 Å². The Hall–Kier alpha value is -1.39. The number of nitrogens with one attached hydrogen (secondary N) is 1. The third kappa shape index (κ3) is 1.68. The molecule has 0 saturated heterocycles. The van der Waals surface area contributed by atoms with Gasteiger partial charge in [0.2, 0.25) is 0 Å². The van der Waals surface area contributed by atoms with E-state index in [1.54, 1.807) is 6.20 Å². The second-order valence-corrected chi connectivity index (χ2v) is 2.42. The van der Waals surface area contributed by atoms with Gasteiger partial charge in [0, 0.05) is 10.8 Å². The van der Waals surface area contributed by atoms with Crippen molar-refractivity contribution in [2.24, 2.45) is 5.84 Å². The van der Waals surface area contributed by atoms with Crippen molar-refractivity contribution in [3.05, 3.63) is 30.5 Å². The van der Waals surface area contributed by atoms with Crippen molar-refractivity contribution >= 4 is 16.6 Å². The maximum absolute atomic E-state index is 5.26. The minimum absolute atomic E-state index is 0. The van der Waals surface area contributed by atoms with E-state index in [0.717, 1.165) is 10.8 Å². The third-order valence-corrected chi connectivity index (χ3v) is 1.71. The first-order chi connectivity index (χ1) is 5.92. The van der Waals surface area contributed by atoms with Gasteiger partial charge in [0.1, 0.15) is 0 Å². The van der Waals surface area contributed by atoms with Gasteiger partial charge in [-0.1, -0.05) is 24.3 Å². The number of nitrogens with zero attached hydrogens (tertiary/aromatic N) is 2. The average Bonchev–Trinajstić information content (AvgIpc) is 2.17. The second-order valence-electron chi connectivity index (χ2n) is 2.42. The predicted molar refractivity (Wildman–Crippen MR) is 47.3 cm³/mol. The molecule has 0 aliphatic heterocycles. The number of anilines is 1. The monoisotopic (exact) mass is 195 g/mol. The lowest BCUT2D eigenvalue weighted by molar-refractivity contribution is -0.00000253. The molecule has 5 heteroatoms. The van der Waals surface area contributed by atoms with Gasteiger partial charge >= 0.3 is 0 Å². The lowest BCUT2D eigenvalue weighted by atomic mass is 10.2. The van der Waals surface area contributed by atoms with Gasteiger partial charge in [-0.15, -0.1) is 5.10 Å². The fraction of sp³-hybridized carbons (Fsp3) is 0. The molecular weight excluding hydrogens is 188 g/mol. The Labute approximate surface area is 81.5 Å². The van der Waals surface area contributed by atoms with Crippen LogP contribution in [-0.4, -0.2) is 10.2 Å². The summed E-state index contributed by atoms with van der Waals surface area (Å²) in [7, 11) is 0. The highest BCUT2D eigenvalue weighted by molar-refractivity contribution is 5.90. The summed E-state index contributed by atoms with van der Waals surface area (Å²) in [4.78, 5) is 0. The van der Waals surface area contributed by atoms with Gasteiger partial charge < -0.3 is 17.8 Å². The van der Waals surface area contributed by atoms with Crippen LogP contribution in [0.4, 0.5) is 5.82 Å². The Morgan fingerprint density at radius 1 is 1.23 bits per heavy atom. The molecule has 68 valence electrons. The molecule has 0 bridgehead atoms. The highest BCUT2D eigenvalue weighted by Gasteiger charge is 1.98. The standard InChI is InChI=1S/C8H8N4.ClH/c9-11-8-7-4-2-1-3-6(7)5-10-12-8;/h1-5H,9H2,(H,11,12);1H/p-1. The lowest BCUT2D eigenvalue weighted by Gasteiger charge is -2.01. The zero-order valence-electron chi connectivity index (χ0n) is 6.74. The van der Waals surface area contributed by atoms with Crippen molar-refractivity contribution < 1.29 is 12.4 Å². The fourth-order valence-corrected chi connectivity index (χ4v) is 1.13. The predicted octanol–water partition coefficient (Wildman–Crippen LogP) is -2.08. The van der Waals surface area contributed by atoms with Crippen molar-refractivity contribution in [3.63, 3.8) is 0 Å². The molecule has 1 heterocycles. The van der Waals surface area contributed by atoms with Crippen LogP contribution in [-0.2, 0) is 0 Å². The molecule has 4 nitrogen and oxygen atoms in total. The van der Waals surface area contributed by atoms with Gasteiger partial charge in [0.05, 0.1) is 6.20 Å². The summed E-state index contributed by atoms with van der Waals surface area (Å²) in [5.41, 5.74) is 2.50. The van der Waals surface area contributed by atoms with Gasteiger partial charge in [0.25, 0.3) is 0 Å². The number of rotatable bonds is 1. The van der Waals surface area contributed by atoms with Crippen LogP contribution in [0.5, 0.6) is 0 Å². The summed E-state index contributed by atoms with van der Waals surface area (Å²) in [5, 5.41) is 9.64. The molecule has 0 fully saturated rings. The molecule has 1 aromatic heterocycles. The molecule has 0 amide bonds. The van der Waals surface area contributed by atoms with Crippen molar-refractivity contribution in [1.82, 2.24) is 10.2 Å². The van der Waals surface area contributed by atoms with Gasteiger partial charge in [-0.25, -0.2) is 5.84 Å². The number of nitrogens with two attached hydrogens (primary N) is 1. The van der Waals surface area contributed by atoms with E-state index >= 15 is 0 Å². The number of nitrogen functional groups attached to an aromatic ring is 1. The summed E-state index contributed by atoms with van der Waals surface area (Å²) in [6, 6.07) is 7.79. The first-order valence-corrected chi connectivity index (χ1v) is 3.59. The largest absolute Gasteiger partial charge is 1.00 e. The lowest BCUT2D eigenvalue weighted by Crippen LogP contribution is -3.00. The molecule has 0 spiro atoms. The SMILES string of the molecule is NNc1nncc2ccccc12.[Cl-]. The molecule has 0 atom stereocenters. The quantitative estimate of drug-likeness (QED) is 0.405. The summed E-state index contributed by atoms with van der Waals surface area (Å²) >= 11 is 0. The minimum Gasteiger partial charge on any atom is -1.00 e. The van der Waals surface area contributed by atoms with Crippen LogP contribution in [0.1, 0.15) is 0 Å². The second kappa shape index (κ2) is 4.02. The van der Waals surface area contributed by atoms with Crippen molar-refractivity contribution in [1.29, 1.82) is 0 Å². The Bertz CT molecular complexity index is 399. The maximum Gasteiger partial charge on any atom is 0.170 e. The Kier molecular flexibility index (Phi) is 3.00. The smallest absolute Gasteiger partial charge is 0.170 e. The number of aromatic nitrogens is 2. The minimum atomic E-state index is 0. The Morgan fingerprint density at radius 3 is 2.77 bits per heavy atom. The van der Waals surface area contributed by atoms with Gasteiger partial charge in [0.15, 0.2) is 5.82 Å². The molecule has 3 N–H and O–H groups in total. The molecule has 0 aliphatic carbocycles. The zero-order chi connectivity index (χ0) is 8.39.